The van der Waals surface area contributed by atoms with Gasteiger partial charge in [0.25, 0.3) is 0 Å². The summed E-state index contributed by atoms with van der Waals surface area (Å²) in [6, 6.07) is 0. The SMILES string of the molecule is CCOC1CC(N)(CN(C)CC2CCCCO2)C1(C)C. The molecule has 0 amide bonds. The summed E-state index contributed by atoms with van der Waals surface area (Å²) in [5.41, 5.74) is 6.55. The van der Waals surface area contributed by atoms with Gasteiger partial charge in [-0.2, -0.15) is 0 Å². The molecular weight excluding hydrogens is 252 g/mol. The first-order valence-electron chi connectivity index (χ1n) is 8.09. The fourth-order valence-electron chi connectivity index (χ4n) is 3.62. The summed E-state index contributed by atoms with van der Waals surface area (Å²) in [5.74, 6) is 0. The summed E-state index contributed by atoms with van der Waals surface area (Å²) in [5, 5.41) is 0. The quantitative estimate of drug-likeness (QED) is 0.810. The van der Waals surface area contributed by atoms with Gasteiger partial charge in [0.05, 0.1) is 12.2 Å². The first-order valence-corrected chi connectivity index (χ1v) is 8.09. The van der Waals surface area contributed by atoms with E-state index in [4.69, 9.17) is 15.2 Å². The lowest BCUT2D eigenvalue weighted by molar-refractivity contribution is -0.156. The Morgan fingerprint density at radius 2 is 2.10 bits per heavy atom. The zero-order chi connectivity index (χ0) is 14.8. The minimum absolute atomic E-state index is 0.0463. The number of nitrogens with zero attached hydrogens (tertiary/aromatic N) is 1. The smallest absolute Gasteiger partial charge is 0.0701 e. The lowest BCUT2D eigenvalue weighted by Crippen LogP contribution is -2.73. The summed E-state index contributed by atoms with van der Waals surface area (Å²) in [4.78, 5) is 2.35. The van der Waals surface area contributed by atoms with Gasteiger partial charge < -0.3 is 20.1 Å². The van der Waals surface area contributed by atoms with Gasteiger partial charge in [0, 0.05) is 37.3 Å². The Kier molecular flexibility index (Phi) is 5.11. The molecule has 2 fully saturated rings. The molecule has 2 N–H and O–H groups in total. The average Bonchev–Trinajstić information content (AvgIpc) is 2.39. The Balaban J connectivity index is 1.82. The Hall–Kier alpha value is -0.160. The highest BCUT2D eigenvalue weighted by atomic mass is 16.5. The number of likely N-dealkylation sites (N-methyl/N-ethyl adjacent to an activating group) is 1. The van der Waals surface area contributed by atoms with Crippen LogP contribution in [0.2, 0.25) is 0 Å². The number of nitrogens with two attached hydrogens (primary N) is 1. The highest BCUT2D eigenvalue weighted by Crippen LogP contribution is 2.49. The van der Waals surface area contributed by atoms with Crippen molar-refractivity contribution in [1.29, 1.82) is 0 Å². The van der Waals surface area contributed by atoms with Crippen molar-refractivity contribution in [1.82, 2.24) is 4.90 Å². The molecule has 0 spiro atoms. The van der Waals surface area contributed by atoms with Crippen LogP contribution < -0.4 is 5.73 Å². The van der Waals surface area contributed by atoms with E-state index in [1.165, 1.54) is 19.3 Å². The zero-order valence-corrected chi connectivity index (χ0v) is 13.7. The van der Waals surface area contributed by atoms with Crippen LogP contribution in [0.25, 0.3) is 0 Å². The van der Waals surface area contributed by atoms with Gasteiger partial charge in [-0.3, -0.25) is 0 Å². The second-order valence-corrected chi connectivity index (χ2v) is 7.21. The second kappa shape index (κ2) is 6.30. The minimum Gasteiger partial charge on any atom is -0.378 e. The fraction of sp³-hybridized carbons (Fsp3) is 1.00. The van der Waals surface area contributed by atoms with Crippen molar-refractivity contribution < 1.29 is 9.47 Å². The predicted molar refractivity (Wildman–Crippen MR) is 81.8 cm³/mol. The van der Waals surface area contributed by atoms with E-state index in [9.17, 15) is 0 Å². The van der Waals surface area contributed by atoms with E-state index in [0.29, 0.717) is 12.2 Å². The first kappa shape index (κ1) is 16.2. The van der Waals surface area contributed by atoms with Gasteiger partial charge in [-0.25, -0.2) is 0 Å². The summed E-state index contributed by atoms with van der Waals surface area (Å²) >= 11 is 0. The molecule has 3 atom stereocenters. The van der Waals surface area contributed by atoms with Gasteiger partial charge >= 0.3 is 0 Å². The third-order valence-electron chi connectivity index (χ3n) is 5.35. The average molecular weight is 284 g/mol. The number of ether oxygens (including phenoxy) is 2. The molecule has 0 bridgehead atoms. The molecule has 0 aromatic carbocycles. The predicted octanol–water partition coefficient (Wildman–Crippen LogP) is 2.02. The van der Waals surface area contributed by atoms with E-state index in [1.54, 1.807) is 0 Å². The van der Waals surface area contributed by atoms with E-state index < -0.39 is 0 Å². The van der Waals surface area contributed by atoms with Crippen LogP contribution in [0.3, 0.4) is 0 Å². The zero-order valence-electron chi connectivity index (χ0n) is 13.7. The number of hydrogen-bond donors (Lipinski definition) is 1. The molecule has 0 radical (unpaired) electrons. The van der Waals surface area contributed by atoms with Crippen molar-refractivity contribution in [3.8, 4) is 0 Å². The summed E-state index contributed by atoms with van der Waals surface area (Å²) < 4.78 is 11.6. The fourth-order valence-corrected chi connectivity index (χ4v) is 3.62. The van der Waals surface area contributed by atoms with Crippen molar-refractivity contribution in [2.75, 3.05) is 33.4 Å². The standard InChI is InChI=1S/C16H32N2O2/c1-5-19-14-10-16(17,15(14,2)3)12-18(4)11-13-8-6-7-9-20-13/h13-14H,5-12,17H2,1-4H3. The second-order valence-electron chi connectivity index (χ2n) is 7.21. The summed E-state index contributed by atoms with van der Waals surface area (Å²) in [7, 11) is 2.16. The molecule has 1 aliphatic carbocycles. The summed E-state index contributed by atoms with van der Waals surface area (Å²) in [6.45, 7) is 10.1. The molecule has 2 aliphatic rings. The highest BCUT2D eigenvalue weighted by molar-refractivity contribution is 5.14. The van der Waals surface area contributed by atoms with Crippen LogP contribution in [-0.2, 0) is 9.47 Å². The van der Waals surface area contributed by atoms with E-state index in [-0.39, 0.29) is 11.0 Å². The van der Waals surface area contributed by atoms with Crippen LogP contribution in [0.4, 0.5) is 0 Å². The third kappa shape index (κ3) is 3.19. The maximum Gasteiger partial charge on any atom is 0.0701 e. The van der Waals surface area contributed by atoms with Crippen LogP contribution >= 0.6 is 0 Å². The molecule has 1 saturated carbocycles. The van der Waals surface area contributed by atoms with Gasteiger partial charge in [-0.05, 0) is 39.7 Å². The maximum atomic E-state index is 6.64. The normalized spacial score (nSPS) is 36.9. The van der Waals surface area contributed by atoms with E-state index in [0.717, 1.165) is 32.7 Å². The van der Waals surface area contributed by atoms with E-state index in [2.05, 4.69) is 32.7 Å². The van der Waals surface area contributed by atoms with Crippen molar-refractivity contribution >= 4 is 0 Å². The molecule has 1 aliphatic heterocycles. The number of rotatable bonds is 6. The topological polar surface area (TPSA) is 47.7 Å². The number of hydrogen-bond acceptors (Lipinski definition) is 4. The molecule has 1 saturated heterocycles. The van der Waals surface area contributed by atoms with Crippen LogP contribution in [0, 0.1) is 5.41 Å². The molecule has 4 heteroatoms. The molecule has 2 rings (SSSR count). The van der Waals surface area contributed by atoms with Crippen LogP contribution in [0.1, 0.15) is 46.5 Å². The van der Waals surface area contributed by atoms with Gasteiger partial charge in [0.1, 0.15) is 0 Å². The van der Waals surface area contributed by atoms with Gasteiger partial charge in [-0.1, -0.05) is 13.8 Å². The largest absolute Gasteiger partial charge is 0.378 e. The Labute approximate surface area is 124 Å². The van der Waals surface area contributed by atoms with Crippen LogP contribution in [0.15, 0.2) is 0 Å². The molecule has 3 unspecified atom stereocenters. The monoisotopic (exact) mass is 284 g/mol. The van der Waals surface area contributed by atoms with Crippen molar-refractivity contribution in [3.63, 3.8) is 0 Å². The van der Waals surface area contributed by atoms with Crippen molar-refractivity contribution in [2.24, 2.45) is 11.1 Å². The van der Waals surface area contributed by atoms with Crippen LogP contribution in [0.5, 0.6) is 0 Å². The third-order valence-corrected chi connectivity index (χ3v) is 5.35. The molecular formula is C16H32N2O2. The molecule has 20 heavy (non-hydrogen) atoms. The van der Waals surface area contributed by atoms with Gasteiger partial charge in [0.2, 0.25) is 0 Å². The van der Waals surface area contributed by atoms with Crippen LogP contribution in [-0.4, -0.2) is 56.0 Å². The van der Waals surface area contributed by atoms with E-state index in [1.807, 2.05) is 0 Å². The lowest BCUT2D eigenvalue weighted by Gasteiger charge is -2.60. The Morgan fingerprint density at radius 3 is 2.65 bits per heavy atom. The Bertz CT molecular complexity index is 316. The highest BCUT2D eigenvalue weighted by Gasteiger charge is 2.58. The molecule has 1 heterocycles. The molecule has 0 aromatic heterocycles. The summed E-state index contributed by atoms with van der Waals surface area (Å²) in [6.07, 6.45) is 5.35. The molecule has 4 nitrogen and oxygen atoms in total. The molecule has 118 valence electrons. The Morgan fingerprint density at radius 1 is 1.35 bits per heavy atom. The van der Waals surface area contributed by atoms with E-state index >= 15 is 0 Å². The van der Waals surface area contributed by atoms with Crippen molar-refractivity contribution in [3.05, 3.63) is 0 Å². The van der Waals surface area contributed by atoms with Crippen molar-refractivity contribution in [2.45, 2.75) is 64.2 Å². The maximum absolute atomic E-state index is 6.64. The first-order chi connectivity index (χ1) is 9.39. The lowest BCUT2D eigenvalue weighted by atomic mass is 9.54. The van der Waals surface area contributed by atoms with Gasteiger partial charge in [0.15, 0.2) is 0 Å². The molecule has 0 aromatic rings. The van der Waals surface area contributed by atoms with Gasteiger partial charge in [-0.15, -0.1) is 0 Å². The minimum atomic E-state index is -0.143.